The van der Waals surface area contributed by atoms with Crippen molar-refractivity contribution in [3.05, 3.63) is 77.9 Å². The second-order valence-electron chi connectivity index (χ2n) is 6.12. The van der Waals surface area contributed by atoms with E-state index in [2.05, 4.69) is 23.5 Å². The Morgan fingerprint density at radius 1 is 0.960 bits per heavy atom. The zero-order valence-electron chi connectivity index (χ0n) is 14.2. The van der Waals surface area contributed by atoms with Gasteiger partial charge in [-0.05, 0) is 23.1 Å². The summed E-state index contributed by atoms with van der Waals surface area (Å²) in [5.41, 5.74) is 3.43. The van der Waals surface area contributed by atoms with Gasteiger partial charge in [0.25, 0.3) is 0 Å². The SMILES string of the molecule is O=C(Cc1ccccc1)NCC(=O)N1CC=C(c2ccccc2)CC1. The second-order valence-corrected chi connectivity index (χ2v) is 6.12. The number of carbonyl (C=O) groups excluding carboxylic acids is 2. The number of hydrogen-bond donors (Lipinski definition) is 1. The number of amides is 2. The van der Waals surface area contributed by atoms with E-state index in [-0.39, 0.29) is 18.4 Å². The lowest BCUT2D eigenvalue weighted by Gasteiger charge is -2.26. The lowest BCUT2D eigenvalue weighted by Crippen LogP contribution is -2.42. The van der Waals surface area contributed by atoms with Gasteiger partial charge in [-0.2, -0.15) is 0 Å². The molecule has 0 spiro atoms. The average Bonchev–Trinajstić information content (AvgIpc) is 2.68. The summed E-state index contributed by atoms with van der Waals surface area (Å²) in [5, 5.41) is 2.72. The highest BCUT2D eigenvalue weighted by molar-refractivity contribution is 5.86. The van der Waals surface area contributed by atoms with Gasteiger partial charge < -0.3 is 10.2 Å². The molecule has 25 heavy (non-hydrogen) atoms. The quantitative estimate of drug-likeness (QED) is 0.914. The number of benzene rings is 2. The summed E-state index contributed by atoms with van der Waals surface area (Å²) in [7, 11) is 0. The van der Waals surface area contributed by atoms with Gasteiger partial charge >= 0.3 is 0 Å². The minimum atomic E-state index is -0.128. The standard InChI is InChI=1S/C21H22N2O2/c24-20(15-17-7-3-1-4-8-17)22-16-21(25)23-13-11-19(12-14-23)18-9-5-2-6-10-18/h1-11H,12-16H2,(H,22,24). The van der Waals surface area contributed by atoms with E-state index >= 15 is 0 Å². The highest BCUT2D eigenvalue weighted by atomic mass is 16.2. The van der Waals surface area contributed by atoms with Gasteiger partial charge in [0, 0.05) is 13.1 Å². The number of hydrogen-bond acceptors (Lipinski definition) is 2. The third-order valence-electron chi connectivity index (χ3n) is 4.35. The van der Waals surface area contributed by atoms with Crippen molar-refractivity contribution in [2.24, 2.45) is 0 Å². The minimum Gasteiger partial charge on any atom is -0.347 e. The fourth-order valence-corrected chi connectivity index (χ4v) is 2.94. The fourth-order valence-electron chi connectivity index (χ4n) is 2.94. The minimum absolute atomic E-state index is 0.0372. The third kappa shape index (κ3) is 4.80. The van der Waals surface area contributed by atoms with E-state index < -0.39 is 0 Å². The van der Waals surface area contributed by atoms with Crippen molar-refractivity contribution in [3.63, 3.8) is 0 Å². The van der Waals surface area contributed by atoms with E-state index in [0.29, 0.717) is 19.5 Å². The van der Waals surface area contributed by atoms with E-state index in [1.165, 1.54) is 11.1 Å². The summed E-state index contributed by atoms with van der Waals surface area (Å²) >= 11 is 0. The average molecular weight is 334 g/mol. The van der Waals surface area contributed by atoms with Gasteiger partial charge in [-0.15, -0.1) is 0 Å². The number of rotatable bonds is 5. The Bertz CT molecular complexity index is 754. The van der Waals surface area contributed by atoms with Gasteiger partial charge in [0.05, 0.1) is 13.0 Å². The fraction of sp³-hybridized carbons (Fsp3) is 0.238. The molecule has 0 bridgehead atoms. The molecule has 0 saturated carbocycles. The van der Waals surface area contributed by atoms with Crippen LogP contribution in [0.2, 0.25) is 0 Å². The Morgan fingerprint density at radius 2 is 1.64 bits per heavy atom. The monoisotopic (exact) mass is 334 g/mol. The number of nitrogens with zero attached hydrogens (tertiary/aromatic N) is 1. The molecule has 4 nitrogen and oxygen atoms in total. The molecule has 0 aromatic heterocycles. The molecule has 0 aliphatic carbocycles. The molecule has 1 heterocycles. The van der Waals surface area contributed by atoms with E-state index in [1.807, 2.05) is 48.5 Å². The van der Waals surface area contributed by atoms with Crippen LogP contribution in [0.15, 0.2) is 66.7 Å². The summed E-state index contributed by atoms with van der Waals surface area (Å²) in [6.07, 6.45) is 3.24. The van der Waals surface area contributed by atoms with E-state index in [1.54, 1.807) is 4.90 Å². The molecular formula is C21H22N2O2. The molecule has 1 aliphatic heterocycles. The van der Waals surface area contributed by atoms with Crippen LogP contribution in [0.3, 0.4) is 0 Å². The molecule has 1 N–H and O–H groups in total. The van der Waals surface area contributed by atoms with Crippen LogP contribution in [0.25, 0.3) is 5.57 Å². The third-order valence-corrected chi connectivity index (χ3v) is 4.35. The zero-order valence-corrected chi connectivity index (χ0v) is 14.2. The van der Waals surface area contributed by atoms with E-state index in [9.17, 15) is 9.59 Å². The molecule has 4 heteroatoms. The Balaban J connectivity index is 1.46. The van der Waals surface area contributed by atoms with Crippen LogP contribution in [0.5, 0.6) is 0 Å². The first-order valence-corrected chi connectivity index (χ1v) is 8.55. The summed E-state index contributed by atoms with van der Waals surface area (Å²) in [5.74, 6) is -0.165. The molecule has 128 valence electrons. The normalized spacial score (nSPS) is 13.9. The van der Waals surface area contributed by atoms with Gasteiger partial charge in [-0.3, -0.25) is 9.59 Å². The highest BCUT2D eigenvalue weighted by Crippen LogP contribution is 2.21. The maximum atomic E-state index is 12.3. The van der Waals surface area contributed by atoms with Crippen LogP contribution in [0.4, 0.5) is 0 Å². The molecule has 2 aromatic carbocycles. The molecule has 0 atom stereocenters. The van der Waals surface area contributed by atoms with Crippen LogP contribution < -0.4 is 5.32 Å². The lowest BCUT2D eigenvalue weighted by molar-refractivity contribution is -0.132. The molecule has 0 unspecified atom stereocenters. The predicted molar refractivity (Wildman–Crippen MR) is 98.8 cm³/mol. The van der Waals surface area contributed by atoms with Gasteiger partial charge in [0.15, 0.2) is 0 Å². The van der Waals surface area contributed by atoms with E-state index in [4.69, 9.17) is 0 Å². The second kappa shape index (κ2) is 8.29. The molecule has 2 amide bonds. The molecule has 1 aliphatic rings. The number of nitrogens with one attached hydrogen (secondary N) is 1. The summed E-state index contributed by atoms with van der Waals surface area (Å²) in [6, 6.07) is 19.8. The number of carbonyl (C=O) groups is 2. The van der Waals surface area contributed by atoms with Crippen LogP contribution in [0, 0.1) is 0 Å². The van der Waals surface area contributed by atoms with Crippen molar-refractivity contribution >= 4 is 17.4 Å². The predicted octanol–water partition coefficient (Wildman–Crippen LogP) is 2.66. The maximum absolute atomic E-state index is 12.3. The summed E-state index contributed by atoms with van der Waals surface area (Å²) < 4.78 is 0. The van der Waals surface area contributed by atoms with Crippen LogP contribution in [-0.4, -0.2) is 36.3 Å². The first kappa shape index (κ1) is 17.0. The molecule has 0 fully saturated rings. The molecule has 0 radical (unpaired) electrons. The van der Waals surface area contributed by atoms with Crippen LogP contribution in [-0.2, 0) is 16.0 Å². The van der Waals surface area contributed by atoms with Crippen molar-refractivity contribution in [2.75, 3.05) is 19.6 Å². The van der Waals surface area contributed by atoms with Gasteiger partial charge in [-0.1, -0.05) is 66.7 Å². The Morgan fingerprint density at radius 3 is 2.28 bits per heavy atom. The zero-order chi connectivity index (χ0) is 17.5. The lowest BCUT2D eigenvalue weighted by atomic mass is 9.99. The first-order chi connectivity index (χ1) is 12.2. The van der Waals surface area contributed by atoms with E-state index in [0.717, 1.165) is 12.0 Å². The first-order valence-electron chi connectivity index (χ1n) is 8.55. The van der Waals surface area contributed by atoms with Crippen LogP contribution >= 0.6 is 0 Å². The Kier molecular flexibility index (Phi) is 5.62. The molecule has 3 rings (SSSR count). The largest absolute Gasteiger partial charge is 0.347 e. The highest BCUT2D eigenvalue weighted by Gasteiger charge is 2.18. The van der Waals surface area contributed by atoms with Gasteiger partial charge in [-0.25, -0.2) is 0 Å². The smallest absolute Gasteiger partial charge is 0.242 e. The van der Waals surface area contributed by atoms with Crippen LogP contribution in [0.1, 0.15) is 17.5 Å². The Labute approximate surface area is 148 Å². The summed E-state index contributed by atoms with van der Waals surface area (Å²) in [6.45, 7) is 1.34. The van der Waals surface area contributed by atoms with Crippen molar-refractivity contribution in [1.29, 1.82) is 0 Å². The van der Waals surface area contributed by atoms with Crippen molar-refractivity contribution in [1.82, 2.24) is 10.2 Å². The maximum Gasteiger partial charge on any atom is 0.242 e. The molecule has 2 aromatic rings. The topological polar surface area (TPSA) is 49.4 Å². The Hall–Kier alpha value is -2.88. The molecule has 0 saturated heterocycles. The molecular weight excluding hydrogens is 312 g/mol. The van der Waals surface area contributed by atoms with Crippen molar-refractivity contribution in [3.8, 4) is 0 Å². The van der Waals surface area contributed by atoms with Gasteiger partial charge in [0.1, 0.15) is 0 Å². The summed E-state index contributed by atoms with van der Waals surface area (Å²) in [4.78, 5) is 26.0. The van der Waals surface area contributed by atoms with Crippen molar-refractivity contribution in [2.45, 2.75) is 12.8 Å². The van der Waals surface area contributed by atoms with Crippen molar-refractivity contribution < 1.29 is 9.59 Å². The van der Waals surface area contributed by atoms with Gasteiger partial charge in [0.2, 0.25) is 11.8 Å².